The van der Waals surface area contributed by atoms with Gasteiger partial charge >= 0.3 is 0 Å². The highest BCUT2D eigenvalue weighted by Crippen LogP contribution is 2.38. The molecule has 1 N–H and O–H groups in total. The van der Waals surface area contributed by atoms with Gasteiger partial charge in [-0.15, -0.1) is 0 Å². The number of benzene rings is 1. The van der Waals surface area contributed by atoms with Crippen molar-refractivity contribution in [3.05, 3.63) is 29.6 Å². The molecule has 0 aromatic heterocycles. The smallest absolute Gasteiger partial charge is 0.123 e. The summed E-state index contributed by atoms with van der Waals surface area (Å²) in [6.45, 7) is 1.82. The van der Waals surface area contributed by atoms with Crippen LogP contribution < -0.4 is 5.32 Å². The second-order valence-electron chi connectivity index (χ2n) is 4.60. The number of hydrogen-bond acceptors (Lipinski definition) is 2. The molecule has 0 spiro atoms. The van der Waals surface area contributed by atoms with Crippen molar-refractivity contribution < 1.29 is 9.13 Å². The van der Waals surface area contributed by atoms with Crippen LogP contribution in [0, 0.1) is 5.82 Å². The van der Waals surface area contributed by atoms with E-state index in [1.54, 1.807) is 6.07 Å². The molecule has 0 aliphatic carbocycles. The van der Waals surface area contributed by atoms with E-state index in [9.17, 15) is 4.39 Å². The largest absolute Gasteiger partial charge is 0.385 e. The van der Waals surface area contributed by atoms with Gasteiger partial charge in [-0.3, -0.25) is 0 Å². The Balaban J connectivity index is 1.94. The molecular weight excluding hydrogens is 205 g/mol. The van der Waals surface area contributed by atoms with Crippen molar-refractivity contribution in [3.8, 4) is 0 Å². The average Bonchev–Trinajstić information content (AvgIpc) is 2.81. The van der Waals surface area contributed by atoms with Gasteiger partial charge in [0.25, 0.3) is 0 Å². The maximum atomic E-state index is 13.3. The van der Waals surface area contributed by atoms with Crippen molar-refractivity contribution in [1.82, 2.24) is 0 Å². The quantitative estimate of drug-likeness (QED) is 0.787. The molecular formula is C13H16FNO. The Hall–Kier alpha value is -1.09. The number of rotatable bonds is 1. The molecule has 1 aromatic carbocycles. The van der Waals surface area contributed by atoms with Gasteiger partial charge in [-0.1, -0.05) is 0 Å². The van der Waals surface area contributed by atoms with Crippen LogP contribution in [0.3, 0.4) is 0 Å². The lowest BCUT2D eigenvalue weighted by Gasteiger charge is -2.30. The SMILES string of the molecule is Fc1ccc2c(c1)C(C1CCCO1)CCN2. The molecule has 1 fully saturated rings. The van der Waals surface area contributed by atoms with Gasteiger partial charge in [-0.25, -0.2) is 4.39 Å². The monoisotopic (exact) mass is 221 g/mol. The minimum absolute atomic E-state index is 0.148. The summed E-state index contributed by atoms with van der Waals surface area (Å²) in [6.07, 6.45) is 3.59. The van der Waals surface area contributed by atoms with Gasteiger partial charge in [0.15, 0.2) is 0 Å². The predicted molar refractivity (Wildman–Crippen MR) is 61.2 cm³/mol. The normalized spacial score (nSPS) is 28.6. The molecule has 2 nitrogen and oxygen atoms in total. The van der Waals surface area contributed by atoms with Crippen molar-refractivity contribution in [2.24, 2.45) is 0 Å². The molecule has 1 aromatic rings. The van der Waals surface area contributed by atoms with Crippen LogP contribution in [0.4, 0.5) is 10.1 Å². The summed E-state index contributed by atoms with van der Waals surface area (Å²) >= 11 is 0. The maximum absolute atomic E-state index is 13.3. The predicted octanol–water partition coefficient (Wildman–Crippen LogP) is 2.90. The van der Waals surface area contributed by atoms with Crippen LogP contribution in [-0.4, -0.2) is 19.3 Å². The van der Waals surface area contributed by atoms with E-state index in [-0.39, 0.29) is 5.82 Å². The first-order valence-electron chi connectivity index (χ1n) is 5.99. The lowest BCUT2D eigenvalue weighted by molar-refractivity contribution is 0.0860. The van der Waals surface area contributed by atoms with Crippen LogP contribution in [0.2, 0.25) is 0 Å². The molecule has 0 bridgehead atoms. The van der Waals surface area contributed by atoms with E-state index in [4.69, 9.17) is 4.74 Å². The summed E-state index contributed by atoms with van der Waals surface area (Å²) in [5.74, 6) is 0.222. The minimum Gasteiger partial charge on any atom is -0.385 e. The molecule has 0 radical (unpaired) electrons. The third kappa shape index (κ3) is 1.69. The van der Waals surface area contributed by atoms with Crippen molar-refractivity contribution in [3.63, 3.8) is 0 Å². The lowest BCUT2D eigenvalue weighted by Crippen LogP contribution is -2.26. The lowest BCUT2D eigenvalue weighted by atomic mass is 9.85. The van der Waals surface area contributed by atoms with Gasteiger partial charge in [0.2, 0.25) is 0 Å². The number of anilines is 1. The van der Waals surface area contributed by atoms with Crippen LogP contribution in [0.15, 0.2) is 18.2 Å². The van der Waals surface area contributed by atoms with E-state index < -0.39 is 0 Å². The highest BCUT2D eigenvalue weighted by Gasteiger charge is 2.31. The first kappa shape index (κ1) is 10.1. The van der Waals surface area contributed by atoms with E-state index in [0.717, 1.165) is 43.7 Å². The minimum atomic E-state index is -0.148. The summed E-state index contributed by atoms with van der Waals surface area (Å²) in [4.78, 5) is 0. The zero-order chi connectivity index (χ0) is 11.0. The van der Waals surface area contributed by atoms with Gasteiger partial charge in [0.05, 0.1) is 6.10 Å². The molecule has 3 rings (SSSR count). The molecule has 2 atom stereocenters. The van der Waals surface area contributed by atoms with Crippen LogP contribution in [0.1, 0.15) is 30.7 Å². The fraction of sp³-hybridized carbons (Fsp3) is 0.538. The Morgan fingerprint density at radius 2 is 2.25 bits per heavy atom. The fourth-order valence-corrected chi connectivity index (χ4v) is 2.83. The molecule has 2 unspecified atom stereocenters. The van der Waals surface area contributed by atoms with Crippen molar-refractivity contribution in [1.29, 1.82) is 0 Å². The van der Waals surface area contributed by atoms with Gasteiger partial charge < -0.3 is 10.1 Å². The second-order valence-corrected chi connectivity index (χ2v) is 4.60. The molecule has 2 aliphatic heterocycles. The van der Waals surface area contributed by atoms with Crippen molar-refractivity contribution >= 4 is 5.69 Å². The first-order chi connectivity index (χ1) is 7.84. The Morgan fingerprint density at radius 1 is 1.31 bits per heavy atom. The molecule has 1 saturated heterocycles. The summed E-state index contributed by atoms with van der Waals surface area (Å²) in [5.41, 5.74) is 2.17. The van der Waals surface area contributed by atoms with Gasteiger partial charge in [0, 0.05) is 24.8 Å². The van der Waals surface area contributed by atoms with E-state index >= 15 is 0 Å². The molecule has 86 valence electrons. The highest BCUT2D eigenvalue weighted by atomic mass is 19.1. The maximum Gasteiger partial charge on any atom is 0.123 e. The van der Waals surface area contributed by atoms with E-state index in [0.29, 0.717) is 12.0 Å². The summed E-state index contributed by atoms with van der Waals surface area (Å²) in [7, 11) is 0. The standard InChI is InChI=1S/C13H16FNO/c14-9-3-4-12-11(8-9)10(5-6-15-12)13-2-1-7-16-13/h3-4,8,10,13,15H,1-2,5-7H2. The zero-order valence-electron chi connectivity index (χ0n) is 9.21. The molecule has 16 heavy (non-hydrogen) atoms. The second kappa shape index (κ2) is 4.06. The zero-order valence-corrected chi connectivity index (χ0v) is 9.21. The van der Waals surface area contributed by atoms with Crippen LogP contribution in [0.5, 0.6) is 0 Å². The van der Waals surface area contributed by atoms with E-state index in [2.05, 4.69) is 5.32 Å². The average molecular weight is 221 g/mol. The number of nitrogens with one attached hydrogen (secondary N) is 1. The number of ether oxygens (including phenoxy) is 1. The Labute approximate surface area is 94.8 Å². The number of hydrogen-bond donors (Lipinski definition) is 1. The Kier molecular flexibility index (Phi) is 2.56. The van der Waals surface area contributed by atoms with E-state index in [1.165, 1.54) is 6.07 Å². The van der Waals surface area contributed by atoms with Gasteiger partial charge in [-0.05, 0) is 43.0 Å². The molecule has 2 heterocycles. The first-order valence-corrected chi connectivity index (χ1v) is 5.99. The molecule has 2 aliphatic rings. The van der Waals surface area contributed by atoms with Crippen molar-refractivity contribution in [2.75, 3.05) is 18.5 Å². The van der Waals surface area contributed by atoms with Gasteiger partial charge in [-0.2, -0.15) is 0 Å². The topological polar surface area (TPSA) is 21.3 Å². The molecule has 0 saturated carbocycles. The van der Waals surface area contributed by atoms with Crippen LogP contribution >= 0.6 is 0 Å². The fourth-order valence-electron chi connectivity index (χ4n) is 2.83. The third-order valence-electron chi connectivity index (χ3n) is 3.60. The van der Waals surface area contributed by atoms with Gasteiger partial charge in [0.1, 0.15) is 5.82 Å². The number of halogens is 1. The van der Waals surface area contributed by atoms with Crippen molar-refractivity contribution in [2.45, 2.75) is 31.3 Å². The summed E-state index contributed by atoms with van der Waals surface area (Å²) < 4.78 is 19.0. The van der Waals surface area contributed by atoms with Crippen LogP contribution in [0.25, 0.3) is 0 Å². The number of fused-ring (bicyclic) bond motifs is 1. The van der Waals surface area contributed by atoms with Crippen LogP contribution in [-0.2, 0) is 4.74 Å². The molecule has 0 amide bonds. The summed E-state index contributed by atoms with van der Waals surface area (Å²) in [5, 5.41) is 3.32. The Morgan fingerprint density at radius 3 is 3.06 bits per heavy atom. The third-order valence-corrected chi connectivity index (χ3v) is 3.60. The summed E-state index contributed by atoms with van der Waals surface area (Å²) in [6, 6.07) is 5.02. The molecule has 3 heteroatoms. The Bertz CT molecular complexity index is 388. The highest BCUT2D eigenvalue weighted by molar-refractivity contribution is 5.55. The van der Waals surface area contributed by atoms with E-state index in [1.807, 2.05) is 6.07 Å².